The summed E-state index contributed by atoms with van der Waals surface area (Å²) in [7, 11) is 0. The van der Waals surface area contributed by atoms with Crippen molar-refractivity contribution in [3.05, 3.63) is 0 Å². The van der Waals surface area contributed by atoms with Gasteiger partial charge in [-0.1, -0.05) is 20.3 Å². The van der Waals surface area contributed by atoms with Gasteiger partial charge in [0.25, 0.3) is 0 Å². The maximum atomic E-state index is 3.73. The minimum atomic E-state index is 0.795. The molecule has 0 aromatic carbocycles. The minimum absolute atomic E-state index is 0.795. The van der Waals surface area contributed by atoms with E-state index in [0.717, 1.165) is 24.4 Å². The highest BCUT2D eigenvalue weighted by Crippen LogP contribution is 2.32. The predicted octanol–water partition coefficient (Wildman–Crippen LogP) is 2.89. The smallest absolute Gasteiger partial charge is 0.0108 e. The van der Waals surface area contributed by atoms with Crippen LogP contribution < -0.4 is 5.32 Å². The summed E-state index contributed by atoms with van der Waals surface area (Å²) in [6.45, 7) is 9.81. The van der Waals surface area contributed by atoms with Crippen molar-refractivity contribution in [1.82, 2.24) is 10.2 Å². The molecule has 1 aliphatic heterocycles. The van der Waals surface area contributed by atoms with E-state index in [9.17, 15) is 0 Å². The molecule has 100 valence electrons. The summed E-state index contributed by atoms with van der Waals surface area (Å²) in [6, 6.07) is 0.795. The maximum absolute atomic E-state index is 3.73. The van der Waals surface area contributed by atoms with Crippen LogP contribution in [0, 0.1) is 11.8 Å². The topological polar surface area (TPSA) is 15.3 Å². The second kappa shape index (κ2) is 6.75. The molecule has 1 aliphatic carbocycles. The molecule has 0 radical (unpaired) electrons. The van der Waals surface area contributed by atoms with Gasteiger partial charge in [-0.3, -0.25) is 0 Å². The quantitative estimate of drug-likeness (QED) is 0.792. The first-order valence-electron chi connectivity index (χ1n) is 7.79. The van der Waals surface area contributed by atoms with Crippen molar-refractivity contribution in [2.24, 2.45) is 11.8 Å². The summed E-state index contributed by atoms with van der Waals surface area (Å²) in [5.41, 5.74) is 0. The molecular weight excluding hydrogens is 208 g/mol. The molecule has 0 aromatic heterocycles. The van der Waals surface area contributed by atoms with Crippen LogP contribution in [0.4, 0.5) is 0 Å². The van der Waals surface area contributed by atoms with Gasteiger partial charge in [-0.15, -0.1) is 0 Å². The molecule has 2 nitrogen and oxygen atoms in total. The van der Waals surface area contributed by atoms with Crippen molar-refractivity contribution in [2.75, 3.05) is 26.2 Å². The number of rotatable bonds is 5. The monoisotopic (exact) mass is 238 g/mol. The Kier molecular flexibility index (Phi) is 5.30. The molecule has 1 N–H and O–H groups in total. The first-order valence-corrected chi connectivity index (χ1v) is 7.79. The van der Waals surface area contributed by atoms with Crippen LogP contribution in [-0.4, -0.2) is 37.1 Å². The third kappa shape index (κ3) is 3.69. The van der Waals surface area contributed by atoms with Crippen molar-refractivity contribution in [3.63, 3.8) is 0 Å². The average Bonchev–Trinajstić information content (AvgIpc) is 2.84. The van der Waals surface area contributed by atoms with Crippen LogP contribution in [0.3, 0.4) is 0 Å². The molecule has 0 spiro atoms. The van der Waals surface area contributed by atoms with Crippen molar-refractivity contribution in [3.8, 4) is 0 Å². The number of nitrogens with zero attached hydrogens (tertiary/aromatic N) is 1. The third-order valence-electron chi connectivity index (χ3n) is 4.83. The van der Waals surface area contributed by atoms with Gasteiger partial charge >= 0.3 is 0 Å². The van der Waals surface area contributed by atoms with Gasteiger partial charge in [0.15, 0.2) is 0 Å². The number of hydrogen-bond acceptors (Lipinski definition) is 2. The fourth-order valence-electron chi connectivity index (χ4n) is 3.76. The van der Waals surface area contributed by atoms with Gasteiger partial charge in [0, 0.05) is 12.6 Å². The fraction of sp³-hybridized carbons (Fsp3) is 1.00. The first kappa shape index (κ1) is 13.4. The highest BCUT2D eigenvalue weighted by Gasteiger charge is 2.30. The Hall–Kier alpha value is -0.0800. The van der Waals surface area contributed by atoms with Crippen LogP contribution >= 0.6 is 0 Å². The van der Waals surface area contributed by atoms with Gasteiger partial charge in [-0.05, 0) is 63.6 Å². The molecule has 1 saturated carbocycles. The highest BCUT2D eigenvalue weighted by molar-refractivity contribution is 4.86. The van der Waals surface area contributed by atoms with Gasteiger partial charge in [0.2, 0.25) is 0 Å². The van der Waals surface area contributed by atoms with Crippen LogP contribution in [0.5, 0.6) is 0 Å². The molecule has 2 heteroatoms. The van der Waals surface area contributed by atoms with Crippen molar-refractivity contribution in [2.45, 2.75) is 58.4 Å². The maximum Gasteiger partial charge on any atom is 0.0108 e. The third-order valence-corrected chi connectivity index (χ3v) is 4.83. The van der Waals surface area contributed by atoms with E-state index in [1.807, 2.05) is 0 Å². The molecule has 1 saturated heterocycles. The summed E-state index contributed by atoms with van der Waals surface area (Å²) in [4.78, 5) is 2.70. The van der Waals surface area contributed by atoms with E-state index in [0.29, 0.717) is 0 Å². The van der Waals surface area contributed by atoms with Crippen LogP contribution in [0.25, 0.3) is 0 Å². The number of nitrogens with one attached hydrogen (secondary N) is 1. The predicted molar refractivity (Wildman–Crippen MR) is 74.3 cm³/mol. The molecule has 3 unspecified atom stereocenters. The molecule has 17 heavy (non-hydrogen) atoms. The lowest BCUT2D eigenvalue weighted by molar-refractivity contribution is 0.152. The van der Waals surface area contributed by atoms with Crippen molar-refractivity contribution < 1.29 is 0 Å². The van der Waals surface area contributed by atoms with E-state index in [1.165, 1.54) is 58.2 Å². The van der Waals surface area contributed by atoms with E-state index < -0.39 is 0 Å². The van der Waals surface area contributed by atoms with Crippen LogP contribution in [0.15, 0.2) is 0 Å². The Balaban J connectivity index is 1.87. The van der Waals surface area contributed by atoms with Gasteiger partial charge < -0.3 is 10.2 Å². The van der Waals surface area contributed by atoms with E-state index in [2.05, 4.69) is 24.1 Å². The van der Waals surface area contributed by atoms with Gasteiger partial charge in [-0.2, -0.15) is 0 Å². The molecule has 1 heterocycles. The largest absolute Gasteiger partial charge is 0.314 e. The zero-order valence-electron chi connectivity index (χ0n) is 11.8. The van der Waals surface area contributed by atoms with Crippen LogP contribution in [0.1, 0.15) is 52.4 Å². The molecule has 0 amide bonds. The molecular formula is C15H30N2. The Morgan fingerprint density at radius 3 is 2.53 bits per heavy atom. The standard InChI is InChI=1S/C15H30N2/c1-3-13-7-8-15(16-4-2)14(11-13)12-17-9-5-6-10-17/h13-16H,3-12H2,1-2H3. The molecule has 2 fully saturated rings. The summed E-state index contributed by atoms with van der Waals surface area (Å²) in [5, 5.41) is 3.73. The molecule has 2 aliphatic rings. The summed E-state index contributed by atoms with van der Waals surface area (Å²) in [6.07, 6.45) is 8.56. The number of likely N-dealkylation sites (tertiary alicyclic amines) is 1. The van der Waals surface area contributed by atoms with Gasteiger partial charge in [0.05, 0.1) is 0 Å². The highest BCUT2D eigenvalue weighted by atomic mass is 15.1. The zero-order valence-corrected chi connectivity index (χ0v) is 11.8. The second-order valence-electron chi connectivity index (χ2n) is 6.02. The van der Waals surface area contributed by atoms with E-state index >= 15 is 0 Å². The Bertz CT molecular complexity index is 211. The fourth-order valence-corrected chi connectivity index (χ4v) is 3.76. The second-order valence-corrected chi connectivity index (χ2v) is 6.02. The van der Waals surface area contributed by atoms with Crippen LogP contribution in [-0.2, 0) is 0 Å². The lowest BCUT2D eigenvalue weighted by Gasteiger charge is -2.38. The van der Waals surface area contributed by atoms with Gasteiger partial charge in [-0.25, -0.2) is 0 Å². The van der Waals surface area contributed by atoms with Crippen molar-refractivity contribution >= 4 is 0 Å². The molecule has 3 atom stereocenters. The minimum Gasteiger partial charge on any atom is -0.314 e. The Morgan fingerprint density at radius 1 is 1.12 bits per heavy atom. The summed E-state index contributed by atoms with van der Waals surface area (Å²) < 4.78 is 0. The normalized spacial score (nSPS) is 35.3. The number of hydrogen-bond donors (Lipinski definition) is 1. The Labute approximate surface area is 107 Å². The zero-order chi connectivity index (χ0) is 12.1. The lowest BCUT2D eigenvalue weighted by Crippen LogP contribution is -2.45. The van der Waals surface area contributed by atoms with Crippen LogP contribution in [0.2, 0.25) is 0 Å². The van der Waals surface area contributed by atoms with Crippen molar-refractivity contribution in [1.29, 1.82) is 0 Å². The first-order chi connectivity index (χ1) is 8.33. The van der Waals surface area contributed by atoms with E-state index in [4.69, 9.17) is 0 Å². The summed E-state index contributed by atoms with van der Waals surface area (Å²) in [5.74, 6) is 1.91. The lowest BCUT2D eigenvalue weighted by atomic mass is 9.76. The van der Waals surface area contributed by atoms with E-state index in [-0.39, 0.29) is 0 Å². The molecule has 2 rings (SSSR count). The van der Waals surface area contributed by atoms with Gasteiger partial charge in [0.1, 0.15) is 0 Å². The van der Waals surface area contributed by atoms with E-state index in [1.54, 1.807) is 0 Å². The molecule has 0 aromatic rings. The summed E-state index contributed by atoms with van der Waals surface area (Å²) >= 11 is 0. The molecule has 0 bridgehead atoms. The average molecular weight is 238 g/mol. The Morgan fingerprint density at radius 2 is 1.88 bits per heavy atom. The SMILES string of the molecule is CCNC1CCC(CC)CC1CN1CCCC1.